The van der Waals surface area contributed by atoms with Crippen LogP contribution in [0.4, 0.5) is 0 Å². The first-order valence-corrected chi connectivity index (χ1v) is 11.5. The molecule has 1 aliphatic rings. The highest BCUT2D eigenvalue weighted by Gasteiger charge is 2.22. The lowest BCUT2D eigenvalue weighted by molar-refractivity contribution is 0.0957. The first-order chi connectivity index (χ1) is 15.5. The molecule has 1 fully saturated rings. The molecule has 1 aromatic carbocycles. The van der Waals surface area contributed by atoms with Crippen LogP contribution in [-0.4, -0.2) is 53.2 Å². The number of ketones is 1. The van der Waals surface area contributed by atoms with E-state index in [2.05, 4.69) is 14.8 Å². The van der Waals surface area contributed by atoms with Crippen LogP contribution in [0.3, 0.4) is 0 Å². The van der Waals surface area contributed by atoms with Gasteiger partial charge in [0.2, 0.25) is 0 Å². The summed E-state index contributed by atoms with van der Waals surface area (Å²) < 4.78 is 24.3. The standard InChI is InChI=1S/C23H27N3O5S/c1-14-10-19(15(2)26(14)12-17-6-5-9-30-17)20(27)13-32-23-25-24-22(31-23)18-8-7-16(28-3)11-21(18)29-4/h7-8,10-11,17H,5-6,9,12-13H2,1-4H3/t17-/m1/s1. The molecular weight excluding hydrogens is 430 g/mol. The Morgan fingerprint density at radius 2 is 2.06 bits per heavy atom. The zero-order chi connectivity index (χ0) is 22.7. The fourth-order valence-corrected chi connectivity index (χ4v) is 4.56. The quantitative estimate of drug-likeness (QED) is 0.347. The highest BCUT2D eigenvalue weighted by atomic mass is 32.2. The van der Waals surface area contributed by atoms with Crippen LogP contribution >= 0.6 is 11.8 Å². The smallest absolute Gasteiger partial charge is 0.277 e. The average molecular weight is 458 g/mol. The van der Waals surface area contributed by atoms with Crippen molar-refractivity contribution in [3.8, 4) is 23.0 Å². The van der Waals surface area contributed by atoms with E-state index < -0.39 is 0 Å². The second-order valence-electron chi connectivity index (χ2n) is 7.68. The molecule has 0 aliphatic carbocycles. The van der Waals surface area contributed by atoms with Crippen molar-refractivity contribution in [1.29, 1.82) is 0 Å². The van der Waals surface area contributed by atoms with E-state index in [0.29, 0.717) is 28.2 Å². The summed E-state index contributed by atoms with van der Waals surface area (Å²) in [5, 5.41) is 8.51. The van der Waals surface area contributed by atoms with Gasteiger partial charge in [0.1, 0.15) is 11.5 Å². The monoisotopic (exact) mass is 457 g/mol. The topological polar surface area (TPSA) is 88.6 Å². The number of aromatic nitrogens is 3. The summed E-state index contributed by atoms with van der Waals surface area (Å²) >= 11 is 1.23. The van der Waals surface area contributed by atoms with Crippen molar-refractivity contribution < 1.29 is 23.4 Å². The number of hydrogen-bond acceptors (Lipinski definition) is 8. The van der Waals surface area contributed by atoms with Crippen molar-refractivity contribution in [2.75, 3.05) is 26.6 Å². The predicted molar refractivity (Wildman–Crippen MR) is 121 cm³/mol. The number of carbonyl (C=O) groups is 1. The lowest BCUT2D eigenvalue weighted by Gasteiger charge is -2.14. The maximum Gasteiger partial charge on any atom is 0.277 e. The highest BCUT2D eigenvalue weighted by molar-refractivity contribution is 7.99. The fourth-order valence-electron chi connectivity index (χ4n) is 3.91. The molecule has 0 amide bonds. The van der Waals surface area contributed by atoms with Gasteiger partial charge in [-0.25, -0.2) is 0 Å². The maximum atomic E-state index is 12.9. The number of aryl methyl sites for hydroxylation is 1. The van der Waals surface area contributed by atoms with Crippen molar-refractivity contribution in [2.45, 2.75) is 44.6 Å². The van der Waals surface area contributed by atoms with Gasteiger partial charge < -0.3 is 23.2 Å². The van der Waals surface area contributed by atoms with Crippen LogP contribution < -0.4 is 9.47 Å². The molecule has 0 N–H and O–H groups in total. The Kier molecular flexibility index (Phi) is 6.86. The van der Waals surface area contributed by atoms with E-state index in [1.807, 2.05) is 19.9 Å². The first-order valence-electron chi connectivity index (χ1n) is 10.5. The predicted octanol–water partition coefficient (Wildman–Crippen LogP) is 4.33. The summed E-state index contributed by atoms with van der Waals surface area (Å²) in [6.45, 7) is 5.62. The number of nitrogens with zero attached hydrogens (tertiary/aromatic N) is 3. The van der Waals surface area contributed by atoms with Crippen LogP contribution in [0, 0.1) is 13.8 Å². The summed E-state index contributed by atoms with van der Waals surface area (Å²) in [5.41, 5.74) is 3.43. The molecule has 3 aromatic rings. The largest absolute Gasteiger partial charge is 0.497 e. The number of ether oxygens (including phenoxy) is 3. The van der Waals surface area contributed by atoms with Gasteiger partial charge in [-0.2, -0.15) is 0 Å². The molecule has 4 rings (SSSR count). The fraction of sp³-hybridized carbons (Fsp3) is 0.435. The lowest BCUT2D eigenvalue weighted by Crippen LogP contribution is -2.17. The number of methoxy groups -OCH3 is 2. The summed E-state index contributed by atoms with van der Waals surface area (Å²) in [7, 11) is 3.16. The van der Waals surface area contributed by atoms with Gasteiger partial charge in [0.25, 0.3) is 11.1 Å². The van der Waals surface area contributed by atoms with Gasteiger partial charge >= 0.3 is 0 Å². The minimum atomic E-state index is 0.0310. The number of hydrogen-bond donors (Lipinski definition) is 0. The zero-order valence-corrected chi connectivity index (χ0v) is 19.5. The Hall–Kier alpha value is -2.78. The van der Waals surface area contributed by atoms with Crippen molar-refractivity contribution in [2.24, 2.45) is 0 Å². The number of thioether (sulfide) groups is 1. The molecule has 0 radical (unpaired) electrons. The van der Waals surface area contributed by atoms with Crippen molar-refractivity contribution in [1.82, 2.24) is 14.8 Å². The first kappa shape index (κ1) is 22.4. The Morgan fingerprint density at radius 1 is 1.22 bits per heavy atom. The Labute approximate surface area is 191 Å². The second-order valence-corrected chi connectivity index (χ2v) is 8.61. The third kappa shape index (κ3) is 4.68. The van der Waals surface area contributed by atoms with E-state index in [0.717, 1.165) is 42.9 Å². The molecule has 1 aliphatic heterocycles. The number of Topliss-reactive ketones (excluding diaryl/α,β-unsaturated/α-hetero) is 1. The van der Waals surface area contributed by atoms with Crippen molar-refractivity contribution in [3.63, 3.8) is 0 Å². The van der Waals surface area contributed by atoms with Gasteiger partial charge in [0.05, 0.1) is 31.6 Å². The van der Waals surface area contributed by atoms with E-state index >= 15 is 0 Å². The molecule has 9 heteroatoms. The van der Waals surface area contributed by atoms with Crippen LogP contribution in [0.25, 0.3) is 11.5 Å². The molecular formula is C23H27N3O5S. The van der Waals surface area contributed by atoms with Gasteiger partial charge in [-0.05, 0) is 44.9 Å². The van der Waals surface area contributed by atoms with Crippen LogP contribution in [0.15, 0.2) is 33.9 Å². The SMILES string of the molecule is COc1ccc(-c2nnc(SCC(=O)c3cc(C)n(C[C@H]4CCCO4)c3C)o2)c(OC)c1. The van der Waals surface area contributed by atoms with Gasteiger partial charge in [0, 0.05) is 36.2 Å². The molecule has 0 spiro atoms. The highest BCUT2D eigenvalue weighted by Crippen LogP contribution is 2.34. The third-order valence-corrected chi connectivity index (χ3v) is 6.48. The summed E-state index contributed by atoms with van der Waals surface area (Å²) in [6.07, 6.45) is 2.39. The Balaban J connectivity index is 1.43. The van der Waals surface area contributed by atoms with Crippen LogP contribution in [0.1, 0.15) is 34.6 Å². The van der Waals surface area contributed by atoms with E-state index in [4.69, 9.17) is 18.6 Å². The summed E-state index contributed by atoms with van der Waals surface area (Å²) in [6, 6.07) is 7.30. The maximum absolute atomic E-state index is 12.9. The molecule has 170 valence electrons. The summed E-state index contributed by atoms with van der Waals surface area (Å²) in [5.74, 6) is 1.81. The van der Waals surface area contributed by atoms with Crippen LogP contribution in [0.2, 0.25) is 0 Å². The Bertz CT molecular complexity index is 1100. The molecule has 3 heterocycles. The molecule has 32 heavy (non-hydrogen) atoms. The second kappa shape index (κ2) is 9.79. The van der Waals surface area contributed by atoms with Crippen LogP contribution in [-0.2, 0) is 11.3 Å². The zero-order valence-electron chi connectivity index (χ0n) is 18.7. The molecule has 0 bridgehead atoms. The third-order valence-electron chi connectivity index (χ3n) is 5.66. The minimum Gasteiger partial charge on any atom is -0.497 e. The van der Waals surface area contributed by atoms with Gasteiger partial charge in [0.15, 0.2) is 5.78 Å². The molecule has 0 unspecified atom stereocenters. The van der Waals surface area contributed by atoms with E-state index in [1.54, 1.807) is 32.4 Å². The summed E-state index contributed by atoms with van der Waals surface area (Å²) in [4.78, 5) is 12.9. The van der Waals surface area contributed by atoms with E-state index in [-0.39, 0.29) is 17.6 Å². The molecule has 1 saturated heterocycles. The van der Waals surface area contributed by atoms with Gasteiger partial charge in [-0.1, -0.05) is 11.8 Å². The Morgan fingerprint density at radius 3 is 2.78 bits per heavy atom. The van der Waals surface area contributed by atoms with Crippen molar-refractivity contribution in [3.05, 3.63) is 41.2 Å². The molecule has 0 saturated carbocycles. The molecule has 8 nitrogen and oxygen atoms in total. The van der Waals surface area contributed by atoms with E-state index in [9.17, 15) is 4.79 Å². The van der Waals surface area contributed by atoms with E-state index in [1.165, 1.54) is 11.8 Å². The number of carbonyl (C=O) groups excluding carboxylic acids is 1. The molecule has 2 aromatic heterocycles. The molecule has 1 atom stereocenters. The lowest BCUT2D eigenvalue weighted by atomic mass is 10.2. The van der Waals surface area contributed by atoms with Gasteiger partial charge in [-0.15, -0.1) is 10.2 Å². The normalized spacial score (nSPS) is 15.8. The number of rotatable bonds is 9. The van der Waals surface area contributed by atoms with Crippen LogP contribution in [0.5, 0.6) is 11.5 Å². The van der Waals surface area contributed by atoms with Gasteiger partial charge in [-0.3, -0.25) is 4.79 Å². The average Bonchev–Trinajstić information content (AvgIpc) is 3.55. The van der Waals surface area contributed by atoms with Crippen molar-refractivity contribution >= 4 is 17.5 Å². The number of benzene rings is 1. The minimum absolute atomic E-state index is 0.0310.